The lowest BCUT2D eigenvalue weighted by Crippen LogP contribution is -2.49. The molecule has 0 aliphatic heterocycles. The van der Waals surface area contributed by atoms with Crippen molar-refractivity contribution in [1.82, 2.24) is 0 Å². The molecule has 0 unspecified atom stereocenters. The molecule has 0 saturated carbocycles. The first-order chi connectivity index (χ1) is 13.7. The summed E-state index contributed by atoms with van der Waals surface area (Å²) >= 11 is 0. The zero-order valence-electron chi connectivity index (χ0n) is 18.2. The predicted molar refractivity (Wildman–Crippen MR) is 125 cm³/mol. The van der Waals surface area contributed by atoms with Gasteiger partial charge in [-0.2, -0.15) is 0 Å². The fourth-order valence-electron chi connectivity index (χ4n) is 4.53. The molecule has 3 aromatic rings. The summed E-state index contributed by atoms with van der Waals surface area (Å²) in [5.41, 5.74) is 1.51. The summed E-state index contributed by atoms with van der Waals surface area (Å²) in [6.07, 6.45) is 7.90. The first-order valence-corrected chi connectivity index (χ1v) is 11.5. The summed E-state index contributed by atoms with van der Waals surface area (Å²) in [5, 5.41) is 5.42. The van der Waals surface area contributed by atoms with E-state index in [0.29, 0.717) is 0 Å². The van der Waals surface area contributed by atoms with Gasteiger partial charge in [-0.15, -0.1) is 0 Å². The van der Waals surface area contributed by atoms with Gasteiger partial charge in [-0.05, 0) is 59.0 Å². The standard InChI is InChI=1S/C27H38N/c1-4-7-16-28(17-8-5-2,18-9-6-3)22-23-14-15-26-20-24-12-10-11-13-25(24)21-27(26)19-23/h10-15,19-21H,4-9,16-18,22H2,1-3H3/q+1. The van der Waals surface area contributed by atoms with E-state index in [0.717, 1.165) is 0 Å². The number of hydrogen-bond donors (Lipinski definition) is 0. The summed E-state index contributed by atoms with van der Waals surface area (Å²) < 4.78 is 1.27. The molecule has 0 radical (unpaired) electrons. The van der Waals surface area contributed by atoms with Crippen molar-refractivity contribution >= 4 is 21.5 Å². The molecule has 0 atom stereocenters. The smallest absolute Gasteiger partial charge is 0.104 e. The number of quaternary nitrogens is 1. The van der Waals surface area contributed by atoms with Gasteiger partial charge in [0, 0.05) is 5.56 Å². The highest BCUT2D eigenvalue weighted by molar-refractivity contribution is 5.98. The van der Waals surface area contributed by atoms with Crippen LogP contribution in [0, 0.1) is 0 Å². The maximum absolute atomic E-state index is 2.46. The van der Waals surface area contributed by atoms with Gasteiger partial charge in [-0.1, -0.05) is 76.4 Å². The summed E-state index contributed by atoms with van der Waals surface area (Å²) in [5.74, 6) is 0. The van der Waals surface area contributed by atoms with E-state index >= 15 is 0 Å². The van der Waals surface area contributed by atoms with Gasteiger partial charge in [0.25, 0.3) is 0 Å². The van der Waals surface area contributed by atoms with Crippen LogP contribution in [0.5, 0.6) is 0 Å². The van der Waals surface area contributed by atoms with Crippen molar-refractivity contribution < 1.29 is 4.48 Å². The normalized spacial score (nSPS) is 12.1. The van der Waals surface area contributed by atoms with Gasteiger partial charge < -0.3 is 4.48 Å². The number of rotatable bonds is 11. The van der Waals surface area contributed by atoms with Crippen LogP contribution in [0.15, 0.2) is 54.6 Å². The molecular formula is C27H38N+. The summed E-state index contributed by atoms with van der Waals surface area (Å²) in [7, 11) is 0. The molecule has 1 nitrogen and oxygen atoms in total. The Morgan fingerprint density at radius 1 is 0.571 bits per heavy atom. The van der Waals surface area contributed by atoms with E-state index in [-0.39, 0.29) is 0 Å². The van der Waals surface area contributed by atoms with Gasteiger partial charge >= 0.3 is 0 Å². The summed E-state index contributed by atoms with van der Waals surface area (Å²) in [6.45, 7) is 12.1. The van der Waals surface area contributed by atoms with E-state index in [4.69, 9.17) is 0 Å². The van der Waals surface area contributed by atoms with Gasteiger partial charge in [0.1, 0.15) is 6.54 Å². The first-order valence-electron chi connectivity index (χ1n) is 11.5. The maximum atomic E-state index is 2.46. The molecule has 0 N–H and O–H groups in total. The largest absolute Gasteiger partial charge is 0.320 e. The number of nitrogens with zero attached hydrogens (tertiary/aromatic N) is 1. The molecule has 0 bridgehead atoms. The van der Waals surface area contributed by atoms with Crippen molar-refractivity contribution in [2.24, 2.45) is 0 Å². The number of benzene rings is 3. The Bertz CT molecular complexity index is 858. The minimum absolute atomic E-state index is 1.18. The van der Waals surface area contributed by atoms with Crippen molar-refractivity contribution in [3.8, 4) is 0 Å². The van der Waals surface area contributed by atoms with E-state index in [1.54, 1.807) is 0 Å². The van der Waals surface area contributed by atoms with Crippen LogP contribution >= 0.6 is 0 Å². The van der Waals surface area contributed by atoms with Gasteiger partial charge in [-0.3, -0.25) is 0 Å². The molecule has 150 valence electrons. The molecule has 0 fully saturated rings. The second kappa shape index (κ2) is 10.1. The third kappa shape index (κ3) is 5.14. The SMILES string of the molecule is CCCC[N+](CCCC)(CCCC)Cc1ccc2cc3ccccc3cc2c1. The Labute approximate surface area is 172 Å². The highest BCUT2D eigenvalue weighted by Crippen LogP contribution is 2.26. The molecule has 3 rings (SSSR count). The Morgan fingerprint density at radius 3 is 1.61 bits per heavy atom. The molecule has 28 heavy (non-hydrogen) atoms. The van der Waals surface area contributed by atoms with Crippen molar-refractivity contribution in [3.05, 3.63) is 60.2 Å². The lowest BCUT2D eigenvalue weighted by atomic mass is 10.0. The van der Waals surface area contributed by atoms with Gasteiger partial charge in [-0.25, -0.2) is 0 Å². The molecule has 0 aromatic heterocycles. The Morgan fingerprint density at radius 2 is 1.07 bits per heavy atom. The Kier molecular flexibility index (Phi) is 7.50. The molecule has 0 aliphatic carbocycles. The van der Waals surface area contributed by atoms with Gasteiger partial charge in [0.2, 0.25) is 0 Å². The second-order valence-corrected chi connectivity index (χ2v) is 8.61. The third-order valence-corrected chi connectivity index (χ3v) is 6.25. The monoisotopic (exact) mass is 376 g/mol. The number of fused-ring (bicyclic) bond motifs is 2. The molecule has 3 aromatic carbocycles. The van der Waals surface area contributed by atoms with Crippen molar-refractivity contribution in [3.63, 3.8) is 0 Å². The molecule has 0 amide bonds. The molecule has 0 spiro atoms. The lowest BCUT2D eigenvalue weighted by molar-refractivity contribution is -0.941. The fraction of sp³-hybridized carbons (Fsp3) is 0.481. The highest BCUT2D eigenvalue weighted by atomic mass is 15.3. The Hall–Kier alpha value is -1.86. The number of unbranched alkanes of at least 4 members (excludes halogenated alkanes) is 3. The van der Waals surface area contributed by atoms with Gasteiger partial charge in [0.15, 0.2) is 0 Å². The quantitative estimate of drug-likeness (QED) is 0.237. The fourth-order valence-corrected chi connectivity index (χ4v) is 4.53. The maximum Gasteiger partial charge on any atom is 0.104 e. The third-order valence-electron chi connectivity index (χ3n) is 6.25. The van der Waals surface area contributed by atoms with Gasteiger partial charge in [0.05, 0.1) is 19.6 Å². The predicted octanol–water partition coefficient (Wildman–Crippen LogP) is 7.71. The van der Waals surface area contributed by atoms with Crippen LogP contribution in [0.2, 0.25) is 0 Å². The van der Waals surface area contributed by atoms with Crippen LogP contribution < -0.4 is 0 Å². The van der Waals surface area contributed by atoms with E-state index in [1.807, 2.05) is 0 Å². The van der Waals surface area contributed by atoms with Crippen molar-refractivity contribution in [2.75, 3.05) is 19.6 Å². The minimum Gasteiger partial charge on any atom is -0.320 e. The van der Waals surface area contributed by atoms with E-state index < -0.39 is 0 Å². The minimum atomic E-state index is 1.18. The lowest BCUT2D eigenvalue weighted by Gasteiger charge is -2.39. The molecule has 0 saturated heterocycles. The zero-order chi connectivity index (χ0) is 19.8. The number of hydrogen-bond acceptors (Lipinski definition) is 0. The average molecular weight is 377 g/mol. The molecule has 1 heteroatoms. The van der Waals surface area contributed by atoms with Crippen molar-refractivity contribution in [1.29, 1.82) is 0 Å². The summed E-state index contributed by atoms with van der Waals surface area (Å²) in [4.78, 5) is 0. The summed E-state index contributed by atoms with van der Waals surface area (Å²) in [6, 6.07) is 20.6. The van der Waals surface area contributed by atoms with E-state index in [2.05, 4.69) is 75.4 Å². The van der Waals surface area contributed by atoms with Crippen LogP contribution in [-0.4, -0.2) is 24.1 Å². The Balaban J connectivity index is 1.92. The highest BCUT2D eigenvalue weighted by Gasteiger charge is 2.26. The van der Waals surface area contributed by atoms with E-state index in [9.17, 15) is 0 Å². The van der Waals surface area contributed by atoms with Crippen LogP contribution in [0.25, 0.3) is 21.5 Å². The second-order valence-electron chi connectivity index (χ2n) is 8.61. The topological polar surface area (TPSA) is 0 Å². The van der Waals surface area contributed by atoms with Crippen LogP contribution in [0.3, 0.4) is 0 Å². The van der Waals surface area contributed by atoms with Crippen LogP contribution in [-0.2, 0) is 6.54 Å². The van der Waals surface area contributed by atoms with Crippen LogP contribution in [0.1, 0.15) is 64.9 Å². The van der Waals surface area contributed by atoms with Crippen molar-refractivity contribution in [2.45, 2.75) is 65.8 Å². The molecular weight excluding hydrogens is 338 g/mol. The van der Waals surface area contributed by atoms with E-state index in [1.165, 1.54) is 96.3 Å². The van der Waals surface area contributed by atoms with Crippen LogP contribution in [0.4, 0.5) is 0 Å². The average Bonchev–Trinajstić information content (AvgIpc) is 2.73. The zero-order valence-corrected chi connectivity index (χ0v) is 18.2. The first kappa shape index (κ1) is 20.9. The molecule has 0 heterocycles. The molecule has 0 aliphatic rings.